The average molecular weight is 319 g/mol. The number of amides is 2. The summed E-state index contributed by atoms with van der Waals surface area (Å²) in [5, 5.41) is 9.17. The zero-order valence-electron chi connectivity index (χ0n) is 11.7. The Balaban J connectivity index is 2.70. The van der Waals surface area contributed by atoms with E-state index in [0.717, 1.165) is 32.0 Å². The van der Waals surface area contributed by atoms with Gasteiger partial charge in [-0.2, -0.15) is 0 Å². The average Bonchev–Trinajstić information content (AvgIpc) is 2.39. The Morgan fingerprint density at radius 3 is 2.50 bits per heavy atom. The highest BCUT2D eigenvalue weighted by Gasteiger charge is 2.60. The van der Waals surface area contributed by atoms with E-state index in [4.69, 9.17) is 0 Å². The van der Waals surface area contributed by atoms with E-state index < -0.39 is 53.0 Å². The first kappa shape index (κ1) is 16.3. The van der Waals surface area contributed by atoms with Crippen LogP contribution in [0, 0.1) is 11.6 Å². The van der Waals surface area contributed by atoms with Crippen molar-refractivity contribution in [3.05, 3.63) is 35.4 Å². The number of hydrogen-bond donors (Lipinski definition) is 1. The van der Waals surface area contributed by atoms with Gasteiger partial charge in [-0.15, -0.1) is 0 Å². The third-order valence-corrected chi connectivity index (χ3v) is 3.97. The van der Waals surface area contributed by atoms with Crippen LogP contribution >= 0.6 is 0 Å². The first-order valence-electron chi connectivity index (χ1n) is 6.38. The maximum Gasteiger partial charge on any atom is 0.415 e. The summed E-state index contributed by atoms with van der Waals surface area (Å²) in [5.74, 6) is -4.31. The zero-order valence-corrected chi connectivity index (χ0v) is 11.7. The van der Waals surface area contributed by atoms with Gasteiger partial charge in [-0.25, -0.2) is 27.3 Å². The minimum atomic E-state index is -2.75. The second-order valence-electron chi connectivity index (χ2n) is 5.54. The third kappa shape index (κ3) is 2.13. The number of likely N-dealkylation sites (tertiary alicyclic amines) is 1. The summed E-state index contributed by atoms with van der Waals surface area (Å²) >= 11 is 0. The van der Waals surface area contributed by atoms with E-state index in [1.165, 1.54) is 0 Å². The molecule has 1 aliphatic rings. The van der Waals surface area contributed by atoms with Crippen LogP contribution in [0.15, 0.2) is 18.2 Å². The Bertz CT molecular complexity index is 649. The molecule has 3 atom stereocenters. The lowest BCUT2D eigenvalue weighted by Crippen LogP contribution is -2.65. The van der Waals surface area contributed by atoms with Gasteiger partial charge in [0.2, 0.25) is 0 Å². The number of piperidine rings is 1. The van der Waals surface area contributed by atoms with E-state index >= 15 is 0 Å². The number of rotatable bonds is 1. The number of halogens is 4. The van der Waals surface area contributed by atoms with Crippen LogP contribution in [0.4, 0.5) is 22.4 Å². The smallest absolute Gasteiger partial charge is 0.415 e. The van der Waals surface area contributed by atoms with Crippen molar-refractivity contribution in [1.82, 2.24) is 4.90 Å². The molecule has 2 rings (SSSR count). The second kappa shape index (κ2) is 4.96. The van der Waals surface area contributed by atoms with Crippen molar-refractivity contribution in [2.24, 2.45) is 0 Å². The van der Waals surface area contributed by atoms with Crippen LogP contribution < -0.4 is 0 Å². The lowest BCUT2D eigenvalue weighted by atomic mass is 9.76. The van der Waals surface area contributed by atoms with Gasteiger partial charge < -0.3 is 5.11 Å². The molecular weight excluding hydrogens is 306 g/mol. The summed E-state index contributed by atoms with van der Waals surface area (Å²) in [6, 6.07) is 2.79. The number of hydrogen-bond acceptors (Lipinski definition) is 2. The van der Waals surface area contributed by atoms with Crippen LogP contribution in [0.1, 0.15) is 25.8 Å². The Hall–Kier alpha value is -2.12. The highest BCUT2D eigenvalue weighted by atomic mass is 19.2. The largest absolute Gasteiger partial charge is 0.465 e. The summed E-state index contributed by atoms with van der Waals surface area (Å²) in [6.07, 6.45) is -5.14. The summed E-state index contributed by atoms with van der Waals surface area (Å²) in [7, 11) is 0. The molecule has 0 aromatic heterocycles. The molecule has 0 aliphatic carbocycles. The maximum atomic E-state index is 14.5. The molecule has 1 aromatic carbocycles. The van der Waals surface area contributed by atoms with Crippen LogP contribution in [0.2, 0.25) is 0 Å². The van der Waals surface area contributed by atoms with Crippen LogP contribution in [-0.2, 0) is 10.3 Å². The fraction of sp³-hybridized carbons (Fsp3) is 0.429. The molecule has 4 nitrogen and oxygen atoms in total. The van der Waals surface area contributed by atoms with Crippen molar-refractivity contribution in [3.8, 4) is 0 Å². The van der Waals surface area contributed by atoms with Crippen LogP contribution in [0.3, 0.4) is 0 Å². The fourth-order valence-electron chi connectivity index (χ4n) is 2.68. The van der Waals surface area contributed by atoms with E-state index in [2.05, 4.69) is 0 Å². The van der Waals surface area contributed by atoms with Crippen LogP contribution in [-0.4, -0.2) is 33.8 Å². The summed E-state index contributed by atoms with van der Waals surface area (Å²) in [5.41, 5.74) is -5.77. The van der Waals surface area contributed by atoms with Gasteiger partial charge in [0.1, 0.15) is 11.7 Å². The molecule has 1 N–H and O–H groups in total. The van der Waals surface area contributed by atoms with E-state index in [1.807, 2.05) is 0 Å². The molecule has 1 fully saturated rings. The maximum absolute atomic E-state index is 14.5. The highest BCUT2D eigenvalue weighted by molar-refractivity contribution is 5.98. The fourth-order valence-corrected chi connectivity index (χ4v) is 2.68. The number of benzene rings is 1. The third-order valence-electron chi connectivity index (χ3n) is 3.97. The SMILES string of the molecule is C[C@@]1(F)C[C@H](F)[C@@](C)(c2cccc(F)c2F)N(C(=O)O)C1=O. The Kier molecular flexibility index (Phi) is 3.67. The van der Waals surface area contributed by atoms with E-state index in [0.29, 0.717) is 0 Å². The van der Waals surface area contributed by atoms with Gasteiger partial charge in [-0.3, -0.25) is 4.79 Å². The number of imide groups is 1. The molecule has 0 unspecified atom stereocenters. The quantitative estimate of drug-likeness (QED) is 0.809. The summed E-state index contributed by atoms with van der Waals surface area (Å²) in [6.45, 7) is 1.68. The molecule has 0 spiro atoms. The molecule has 0 saturated carbocycles. The molecule has 0 bridgehead atoms. The monoisotopic (exact) mass is 319 g/mol. The normalized spacial score (nSPS) is 32.2. The molecule has 8 heteroatoms. The van der Waals surface area contributed by atoms with Gasteiger partial charge in [0.25, 0.3) is 5.91 Å². The Morgan fingerprint density at radius 2 is 1.95 bits per heavy atom. The molecular formula is C14H13F4NO3. The first-order valence-corrected chi connectivity index (χ1v) is 6.38. The Labute approximate surface area is 123 Å². The molecule has 0 radical (unpaired) electrons. The molecule has 1 aromatic rings. The van der Waals surface area contributed by atoms with E-state index in [9.17, 15) is 32.3 Å². The van der Waals surface area contributed by atoms with Gasteiger partial charge in [-0.1, -0.05) is 12.1 Å². The molecule has 1 aliphatic heterocycles. The van der Waals surface area contributed by atoms with Gasteiger partial charge >= 0.3 is 6.09 Å². The van der Waals surface area contributed by atoms with Crippen molar-refractivity contribution in [2.45, 2.75) is 37.6 Å². The number of alkyl halides is 2. The second-order valence-corrected chi connectivity index (χ2v) is 5.54. The van der Waals surface area contributed by atoms with E-state index in [1.54, 1.807) is 0 Å². The molecule has 1 saturated heterocycles. The minimum Gasteiger partial charge on any atom is -0.465 e. The van der Waals surface area contributed by atoms with Crippen molar-refractivity contribution in [2.75, 3.05) is 0 Å². The highest BCUT2D eigenvalue weighted by Crippen LogP contribution is 2.45. The Morgan fingerprint density at radius 1 is 1.36 bits per heavy atom. The van der Waals surface area contributed by atoms with Crippen LogP contribution in [0.25, 0.3) is 0 Å². The number of nitrogens with zero attached hydrogens (tertiary/aromatic N) is 1. The zero-order chi connectivity index (χ0) is 16.9. The summed E-state index contributed by atoms with van der Waals surface area (Å²) < 4.78 is 56.0. The topological polar surface area (TPSA) is 57.6 Å². The van der Waals surface area contributed by atoms with E-state index in [-0.39, 0.29) is 4.90 Å². The van der Waals surface area contributed by atoms with Gasteiger partial charge in [-0.05, 0) is 19.9 Å². The van der Waals surface area contributed by atoms with Crippen molar-refractivity contribution < 1.29 is 32.3 Å². The van der Waals surface area contributed by atoms with Gasteiger partial charge in [0.15, 0.2) is 17.3 Å². The van der Waals surface area contributed by atoms with Gasteiger partial charge in [0, 0.05) is 12.0 Å². The lowest BCUT2D eigenvalue weighted by molar-refractivity contribution is -0.161. The van der Waals surface area contributed by atoms with Gasteiger partial charge in [0.05, 0.1) is 0 Å². The molecule has 1 heterocycles. The molecule has 2 amide bonds. The number of carboxylic acid groups (broad SMARTS) is 1. The minimum absolute atomic E-state index is 0.0982. The summed E-state index contributed by atoms with van der Waals surface area (Å²) in [4.78, 5) is 23.2. The van der Waals surface area contributed by atoms with Crippen LogP contribution in [0.5, 0.6) is 0 Å². The number of carbonyl (C=O) groups is 2. The van der Waals surface area contributed by atoms with Crippen molar-refractivity contribution >= 4 is 12.0 Å². The predicted octanol–water partition coefficient (Wildman–Crippen LogP) is 3.16. The number of carbonyl (C=O) groups excluding carboxylic acids is 1. The lowest BCUT2D eigenvalue weighted by Gasteiger charge is -2.47. The standard InChI is InChI=1S/C14H13F4NO3/c1-13(18)6-9(16)14(2,19(11(13)20)12(21)22)7-4-3-5-8(15)10(7)17/h3-5,9H,6H2,1-2H3,(H,21,22)/t9-,13+,14+/m0/s1. The predicted molar refractivity (Wildman–Crippen MR) is 67.6 cm³/mol. The first-order chi connectivity index (χ1) is 10.0. The van der Waals surface area contributed by atoms with Crippen molar-refractivity contribution in [3.63, 3.8) is 0 Å². The molecule has 22 heavy (non-hydrogen) atoms. The molecule has 120 valence electrons. The van der Waals surface area contributed by atoms with Crippen molar-refractivity contribution in [1.29, 1.82) is 0 Å².